The third-order valence-electron chi connectivity index (χ3n) is 3.93. The first-order valence-corrected chi connectivity index (χ1v) is 7.08. The minimum atomic E-state index is -0.0641. The fraction of sp³-hybridized carbons (Fsp3) is 0.400. The SMILES string of the molecule is O=C(NCC1(CCCl)CC1)c1coc2ccccc12. The van der Waals surface area contributed by atoms with Gasteiger partial charge in [-0.3, -0.25) is 4.79 Å². The molecule has 1 heterocycles. The highest BCUT2D eigenvalue weighted by atomic mass is 35.5. The summed E-state index contributed by atoms with van der Waals surface area (Å²) >= 11 is 5.79. The molecule has 0 bridgehead atoms. The van der Waals surface area contributed by atoms with Crippen molar-refractivity contribution in [1.29, 1.82) is 0 Å². The van der Waals surface area contributed by atoms with E-state index in [0.717, 1.165) is 30.2 Å². The molecule has 1 aromatic heterocycles. The average Bonchev–Trinajstić information content (AvgIpc) is 3.05. The number of carbonyl (C=O) groups is 1. The molecule has 1 aromatic carbocycles. The number of carbonyl (C=O) groups excluding carboxylic acids is 1. The summed E-state index contributed by atoms with van der Waals surface area (Å²) in [6.07, 6.45) is 4.82. The second kappa shape index (κ2) is 4.89. The van der Waals surface area contributed by atoms with Crippen molar-refractivity contribution in [3.63, 3.8) is 0 Å². The zero-order valence-corrected chi connectivity index (χ0v) is 11.4. The molecular weight excluding hydrogens is 262 g/mol. The van der Waals surface area contributed by atoms with E-state index in [0.29, 0.717) is 18.0 Å². The number of para-hydroxylation sites is 1. The van der Waals surface area contributed by atoms with Crippen LogP contribution in [0.4, 0.5) is 0 Å². The zero-order chi connectivity index (χ0) is 13.3. The maximum absolute atomic E-state index is 12.2. The molecule has 1 N–H and O–H groups in total. The number of fused-ring (bicyclic) bond motifs is 1. The third kappa shape index (κ3) is 2.47. The average molecular weight is 278 g/mol. The highest BCUT2D eigenvalue weighted by molar-refractivity contribution is 6.17. The van der Waals surface area contributed by atoms with Gasteiger partial charge in [0.05, 0.1) is 5.56 Å². The van der Waals surface area contributed by atoms with Crippen LogP contribution < -0.4 is 5.32 Å². The van der Waals surface area contributed by atoms with E-state index in [1.54, 1.807) is 0 Å². The largest absolute Gasteiger partial charge is 0.463 e. The maximum Gasteiger partial charge on any atom is 0.255 e. The van der Waals surface area contributed by atoms with Crippen LogP contribution in [0.2, 0.25) is 0 Å². The lowest BCUT2D eigenvalue weighted by atomic mass is 10.0. The molecular formula is C15H16ClNO2. The Labute approximate surface area is 116 Å². The first kappa shape index (κ1) is 12.5. The number of alkyl halides is 1. The summed E-state index contributed by atoms with van der Waals surface area (Å²) in [7, 11) is 0. The van der Waals surface area contributed by atoms with Gasteiger partial charge in [0.1, 0.15) is 11.8 Å². The van der Waals surface area contributed by atoms with Crippen LogP contribution in [0.3, 0.4) is 0 Å². The van der Waals surface area contributed by atoms with E-state index in [1.807, 2.05) is 24.3 Å². The van der Waals surface area contributed by atoms with E-state index in [2.05, 4.69) is 5.32 Å². The number of nitrogens with one attached hydrogen (secondary N) is 1. The van der Waals surface area contributed by atoms with Crippen molar-refractivity contribution in [2.45, 2.75) is 19.3 Å². The van der Waals surface area contributed by atoms with Crippen molar-refractivity contribution < 1.29 is 9.21 Å². The molecule has 1 saturated carbocycles. The van der Waals surface area contributed by atoms with Crippen LogP contribution in [-0.4, -0.2) is 18.3 Å². The summed E-state index contributed by atoms with van der Waals surface area (Å²) in [5.74, 6) is 0.593. The van der Waals surface area contributed by atoms with Crippen LogP contribution in [0, 0.1) is 5.41 Å². The van der Waals surface area contributed by atoms with Gasteiger partial charge in [0.15, 0.2) is 0 Å². The maximum atomic E-state index is 12.2. The summed E-state index contributed by atoms with van der Waals surface area (Å²) < 4.78 is 5.38. The number of amides is 1. The van der Waals surface area contributed by atoms with Crippen molar-refractivity contribution >= 4 is 28.5 Å². The third-order valence-corrected chi connectivity index (χ3v) is 4.12. The predicted molar refractivity (Wildman–Crippen MR) is 75.6 cm³/mol. The number of benzene rings is 1. The molecule has 3 nitrogen and oxygen atoms in total. The number of rotatable bonds is 5. The lowest BCUT2D eigenvalue weighted by Gasteiger charge is -2.13. The predicted octanol–water partition coefficient (Wildman–Crippen LogP) is 3.57. The van der Waals surface area contributed by atoms with Gasteiger partial charge in [0, 0.05) is 17.8 Å². The molecule has 0 saturated heterocycles. The molecule has 1 fully saturated rings. The van der Waals surface area contributed by atoms with E-state index in [4.69, 9.17) is 16.0 Å². The molecule has 1 aliphatic carbocycles. The monoisotopic (exact) mass is 277 g/mol. The molecule has 1 aliphatic rings. The van der Waals surface area contributed by atoms with E-state index in [9.17, 15) is 4.79 Å². The highest BCUT2D eigenvalue weighted by Crippen LogP contribution is 2.48. The summed E-state index contributed by atoms with van der Waals surface area (Å²) in [5.41, 5.74) is 1.60. The van der Waals surface area contributed by atoms with Crippen LogP contribution in [0.15, 0.2) is 34.9 Å². The molecule has 100 valence electrons. The minimum Gasteiger partial charge on any atom is -0.463 e. The van der Waals surface area contributed by atoms with Gasteiger partial charge >= 0.3 is 0 Å². The van der Waals surface area contributed by atoms with E-state index < -0.39 is 0 Å². The summed E-state index contributed by atoms with van der Waals surface area (Å²) in [4.78, 5) is 12.2. The molecule has 0 aliphatic heterocycles. The van der Waals surface area contributed by atoms with Crippen molar-refractivity contribution in [2.75, 3.05) is 12.4 Å². The number of hydrogen-bond donors (Lipinski definition) is 1. The van der Waals surface area contributed by atoms with E-state index in [-0.39, 0.29) is 11.3 Å². The topological polar surface area (TPSA) is 42.2 Å². The molecule has 0 radical (unpaired) electrons. The Hall–Kier alpha value is -1.48. The van der Waals surface area contributed by atoms with Crippen LogP contribution >= 0.6 is 11.6 Å². The molecule has 19 heavy (non-hydrogen) atoms. The Morgan fingerprint density at radius 2 is 2.16 bits per heavy atom. The van der Waals surface area contributed by atoms with Gasteiger partial charge in [-0.2, -0.15) is 0 Å². The number of furan rings is 1. The van der Waals surface area contributed by atoms with Gasteiger partial charge in [-0.05, 0) is 30.7 Å². The fourth-order valence-corrected chi connectivity index (χ4v) is 2.81. The Kier molecular flexibility index (Phi) is 3.23. The normalized spacial score (nSPS) is 16.5. The molecule has 2 aromatic rings. The van der Waals surface area contributed by atoms with Crippen molar-refractivity contribution in [3.8, 4) is 0 Å². The summed E-state index contributed by atoms with van der Waals surface area (Å²) in [6.45, 7) is 0.706. The quantitative estimate of drug-likeness (QED) is 0.849. The first-order valence-electron chi connectivity index (χ1n) is 6.55. The molecule has 3 rings (SSSR count). The van der Waals surface area contributed by atoms with Crippen LogP contribution in [0.5, 0.6) is 0 Å². The Balaban J connectivity index is 1.71. The van der Waals surface area contributed by atoms with Gasteiger partial charge in [-0.1, -0.05) is 18.2 Å². The summed E-state index contributed by atoms with van der Waals surface area (Å²) in [6, 6.07) is 7.57. The van der Waals surface area contributed by atoms with Crippen molar-refractivity contribution in [2.24, 2.45) is 5.41 Å². The van der Waals surface area contributed by atoms with Gasteiger partial charge in [-0.15, -0.1) is 11.6 Å². The number of hydrogen-bond acceptors (Lipinski definition) is 2. The molecule has 1 amide bonds. The molecule has 0 unspecified atom stereocenters. The number of halogens is 1. The molecule has 0 atom stereocenters. The Morgan fingerprint density at radius 3 is 2.89 bits per heavy atom. The van der Waals surface area contributed by atoms with Gasteiger partial charge in [0.2, 0.25) is 0 Å². The first-order chi connectivity index (χ1) is 9.24. The van der Waals surface area contributed by atoms with E-state index in [1.165, 1.54) is 6.26 Å². The minimum absolute atomic E-state index is 0.0641. The smallest absolute Gasteiger partial charge is 0.255 e. The standard InChI is InChI=1S/C15H16ClNO2/c16-8-7-15(5-6-15)10-17-14(18)12-9-19-13-4-2-1-3-11(12)13/h1-4,9H,5-8,10H2,(H,17,18). The summed E-state index contributed by atoms with van der Waals surface area (Å²) in [5, 5.41) is 3.87. The van der Waals surface area contributed by atoms with Crippen LogP contribution in [0.1, 0.15) is 29.6 Å². The van der Waals surface area contributed by atoms with Gasteiger partial charge < -0.3 is 9.73 Å². The van der Waals surface area contributed by atoms with Crippen molar-refractivity contribution in [1.82, 2.24) is 5.32 Å². The van der Waals surface area contributed by atoms with Crippen LogP contribution in [-0.2, 0) is 0 Å². The lowest BCUT2D eigenvalue weighted by Crippen LogP contribution is -2.30. The molecule has 4 heteroatoms. The Bertz CT molecular complexity index is 601. The van der Waals surface area contributed by atoms with Gasteiger partial charge in [-0.25, -0.2) is 0 Å². The highest BCUT2D eigenvalue weighted by Gasteiger charge is 2.41. The van der Waals surface area contributed by atoms with E-state index >= 15 is 0 Å². The fourth-order valence-electron chi connectivity index (χ4n) is 2.41. The second-order valence-electron chi connectivity index (χ2n) is 5.27. The Morgan fingerprint density at radius 1 is 1.37 bits per heavy atom. The zero-order valence-electron chi connectivity index (χ0n) is 10.6. The van der Waals surface area contributed by atoms with Crippen molar-refractivity contribution in [3.05, 3.63) is 36.1 Å². The molecule has 0 spiro atoms. The van der Waals surface area contributed by atoms with Crippen LogP contribution in [0.25, 0.3) is 11.0 Å². The lowest BCUT2D eigenvalue weighted by molar-refractivity contribution is 0.0945. The van der Waals surface area contributed by atoms with Gasteiger partial charge in [0.25, 0.3) is 5.91 Å². The second-order valence-corrected chi connectivity index (χ2v) is 5.65.